The number of hydrogen-bond acceptors (Lipinski definition) is 2. The van der Waals surface area contributed by atoms with E-state index >= 15 is 0 Å². The molecular formula is C33H27NO. The maximum absolute atomic E-state index is 6.39. The van der Waals surface area contributed by atoms with Gasteiger partial charge in [-0.15, -0.1) is 0 Å². The van der Waals surface area contributed by atoms with E-state index in [1.54, 1.807) is 0 Å². The molecule has 0 aliphatic carbocycles. The summed E-state index contributed by atoms with van der Waals surface area (Å²) in [7, 11) is 0. The Kier molecular flexibility index (Phi) is 5.04. The van der Waals surface area contributed by atoms with Gasteiger partial charge in [0.1, 0.15) is 11.2 Å². The predicted molar refractivity (Wildman–Crippen MR) is 147 cm³/mol. The quantitative estimate of drug-likeness (QED) is 0.267. The SMILES string of the molecule is CC(C)(C)c1ccnc(-c2cccc3c2oc2ccc(-c4ccc(-c5ccccc5)cc4)cc23)c1. The number of furan rings is 1. The first-order valence-electron chi connectivity index (χ1n) is 12.1. The number of pyridine rings is 1. The van der Waals surface area contributed by atoms with Crippen LogP contribution in [0.5, 0.6) is 0 Å². The highest BCUT2D eigenvalue weighted by Gasteiger charge is 2.17. The number of rotatable bonds is 3. The van der Waals surface area contributed by atoms with E-state index in [0.29, 0.717) is 0 Å². The van der Waals surface area contributed by atoms with Gasteiger partial charge in [0.05, 0.1) is 5.69 Å². The Hall–Kier alpha value is -4.17. The van der Waals surface area contributed by atoms with Crippen molar-refractivity contribution in [3.8, 4) is 33.5 Å². The summed E-state index contributed by atoms with van der Waals surface area (Å²) in [6.07, 6.45) is 1.90. The zero-order valence-corrected chi connectivity index (χ0v) is 20.2. The van der Waals surface area contributed by atoms with Gasteiger partial charge in [-0.2, -0.15) is 0 Å². The maximum atomic E-state index is 6.39. The number of para-hydroxylation sites is 1. The van der Waals surface area contributed by atoms with Crippen LogP contribution in [0, 0.1) is 0 Å². The number of benzene rings is 4. The van der Waals surface area contributed by atoms with Crippen LogP contribution >= 0.6 is 0 Å². The summed E-state index contributed by atoms with van der Waals surface area (Å²) in [4.78, 5) is 4.68. The van der Waals surface area contributed by atoms with E-state index in [9.17, 15) is 0 Å². The third-order valence-corrected chi connectivity index (χ3v) is 6.72. The maximum Gasteiger partial charge on any atom is 0.144 e. The fraction of sp³-hybridized carbons (Fsp3) is 0.121. The number of aromatic nitrogens is 1. The molecule has 0 amide bonds. The fourth-order valence-corrected chi connectivity index (χ4v) is 4.71. The van der Waals surface area contributed by atoms with E-state index in [4.69, 9.17) is 4.42 Å². The van der Waals surface area contributed by atoms with Crippen LogP contribution in [0.25, 0.3) is 55.4 Å². The van der Waals surface area contributed by atoms with Crippen LogP contribution in [-0.4, -0.2) is 4.98 Å². The minimum atomic E-state index is 0.0599. The molecule has 4 aromatic carbocycles. The van der Waals surface area contributed by atoms with E-state index in [0.717, 1.165) is 33.2 Å². The van der Waals surface area contributed by atoms with Crippen LogP contribution in [0.1, 0.15) is 26.3 Å². The average Bonchev–Trinajstić information content (AvgIpc) is 3.27. The second-order valence-corrected chi connectivity index (χ2v) is 10.1. The first-order chi connectivity index (χ1) is 17.0. The van der Waals surface area contributed by atoms with Crippen molar-refractivity contribution in [1.29, 1.82) is 0 Å². The van der Waals surface area contributed by atoms with E-state index in [1.807, 2.05) is 12.3 Å². The third kappa shape index (κ3) is 3.91. The average molecular weight is 454 g/mol. The molecule has 0 fully saturated rings. The molecule has 35 heavy (non-hydrogen) atoms. The molecule has 6 aromatic rings. The Morgan fingerprint density at radius 1 is 0.600 bits per heavy atom. The predicted octanol–water partition coefficient (Wildman–Crippen LogP) is 9.28. The summed E-state index contributed by atoms with van der Waals surface area (Å²) in [6.45, 7) is 6.67. The minimum Gasteiger partial charge on any atom is -0.455 e. The summed E-state index contributed by atoms with van der Waals surface area (Å²) in [6, 6.07) is 36.3. The van der Waals surface area contributed by atoms with Crippen molar-refractivity contribution >= 4 is 21.9 Å². The topological polar surface area (TPSA) is 26.0 Å². The molecule has 0 unspecified atom stereocenters. The molecule has 2 nitrogen and oxygen atoms in total. The summed E-state index contributed by atoms with van der Waals surface area (Å²) >= 11 is 0. The van der Waals surface area contributed by atoms with E-state index in [-0.39, 0.29) is 5.41 Å². The Morgan fingerprint density at radius 3 is 2.03 bits per heavy atom. The van der Waals surface area contributed by atoms with Crippen molar-refractivity contribution in [2.24, 2.45) is 0 Å². The molecule has 2 heteroatoms. The van der Waals surface area contributed by atoms with Crippen molar-refractivity contribution in [3.63, 3.8) is 0 Å². The van der Waals surface area contributed by atoms with Gasteiger partial charge in [-0.1, -0.05) is 93.6 Å². The largest absolute Gasteiger partial charge is 0.455 e. The van der Waals surface area contributed by atoms with E-state index in [2.05, 4.69) is 123 Å². The zero-order valence-electron chi connectivity index (χ0n) is 20.2. The number of nitrogens with zero attached hydrogens (tertiary/aromatic N) is 1. The monoisotopic (exact) mass is 453 g/mol. The first-order valence-corrected chi connectivity index (χ1v) is 12.1. The van der Waals surface area contributed by atoms with Gasteiger partial charge in [-0.25, -0.2) is 0 Å². The van der Waals surface area contributed by atoms with Crippen molar-refractivity contribution < 1.29 is 4.42 Å². The Labute approximate surface area is 205 Å². The van der Waals surface area contributed by atoms with Gasteiger partial charge in [0, 0.05) is 22.5 Å². The lowest BCUT2D eigenvalue weighted by Crippen LogP contribution is -2.11. The molecule has 0 saturated carbocycles. The summed E-state index contributed by atoms with van der Waals surface area (Å²) in [5.41, 5.74) is 9.89. The van der Waals surface area contributed by atoms with Crippen LogP contribution in [0.15, 0.2) is 114 Å². The Morgan fingerprint density at radius 2 is 1.29 bits per heavy atom. The minimum absolute atomic E-state index is 0.0599. The highest BCUT2D eigenvalue weighted by Crippen LogP contribution is 2.38. The smallest absolute Gasteiger partial charge is 0.144 e. The lowest BCUT2D eigenvalue weighted by atomic mass is 9.87. The molecule has 0 aliphatic rings. The van der Waals surface area contributed by atoms with Gasteiger partial charge in [-0.05, 0) is 63.6 Å². The first kappa shape index (κ1) is 21.4. The van der Waals surface area contributed by atoms with E-state index in [1.165, 1.54) is 27.8 Å². The highest BCUT2D eigenvalue weighted by molar-refractivity contribution is 6.10. The van der Waals surface area contributed by atoms with Gasteiger partial charge in [-0.3, -0.25) is 4.98 Å². The summed E-state index contributed by atoms with van der Waals surface area (Å²) in [5.74, 6) is 0. The molecular weight excluding hydrogens is 426 g/mol. The van der Waals surface area contributed by atoms with Gasteiger partial charge in [0.15, 0.2) is 0 Å². The molecule has 0 bridgehead atoms. The second kappa shape index (κ2) is 8.25. The van der Waals surface area contributed by atoms with Crippen LogP contribution in [0.3, 0.4) is 0 Å². The Balaban J connectivity index is 1.43. The number of hydrogen-bond donors (Lipinski definition) is 0. The normalized spacial score (nSPS) is 11.9. The van der Waals surface area contributed by atoms with Gasteiger partial charge in [0.2, 0.25) is 0 Å². The van der Waals surface area contributed by atoms with Crippen molar-refractivity contribution in [2.75, 3.05) is 0 Å². The van der Waals surface area contributed by atoms with Crippen LogP contribution in [0.2, 0.25) is 0 Å². The summed E-state index contributed by atoms with van der Waals surface area (Å²) < 4.78 is 6.39. The zero-order chi connectivity index (χ0) is 24.0. The number of fused-ring (bicyclic) bond motifs is 3. The fourth-order valence-electron chi connectivity index (χ4n) is 4.71. The van der Waals surface area contributed by atoms with Crippen molar-refractivity contribution in [2.45, 2.75) is 26.2 Å². The lowest BCUT2D eigenvalue weighted by Gasteiger charge is -2.19. The molecule has 0 N–H and O–H groups in total. The molecule has 6 rings (SSSR count). The van der Waals surface area contributed by atoms with Gasteiger partial charge in [0.25, 0.3) is 0 Å². The second-order valence-electron chi connectivity index (χ2n) is 10.1. The third-order valence-electron chi connectivity index (χ3n) is 6.72. The lowest BCUT2D eigenvalue weighted by molar-refractivity contribution is 0.589. The molecule has 0 aliphatic heterocycles. The molecule has 0 atom stereocenters. The van der Waals surface area contributed by atoms with Crippen LogP contribution in [0.4, 0.5) is 0 Å². The van der Waals surface area contributed by atoms with Crippen LogP contribution < -0.4 is 0 Å². The molecule has 2 heterocycles. The molecule has 2 aromatic heterocycles. The summed E-state index contributed by atoms with van der Waals surface area (Å²) in [5, 5.41) is 2.24. The molecule has 0 spiro atoms. The Bertz CT molecular complexity index is 1650. The van der Waals surface area contributed by atoms with Gasteiger partial charge >= 0.3 is 0 Å². The van der Waals surface area contributed by atoms with Crippen molar-refractivity contribution in [3.05, 3.63) is 115 Å². The molecule has 0 radical (unpaired) electrons. The van der Waals surface area contributed by atoms with Gasteiger partial charge < -0.3 is 4.42 Å². The molecule has 0 saturated heterocycles. The highest BCUT2D eigenvalue weighted by atomic mass is 16.3. The molecule has 170 valence electrons. The standard InChI is InChI=1S/C33H27NO/c1-33(2,3)26-18-19-34-30(21-26)28-11-7-10-27-29-20-25(16-17-31(29)35-32(27)28)24-14-12-23(13-15-24)22-8-5-4-6-9-22/h4-21H,1-3H3. The van der Waals surface area contributed by atoms with Crippen LogP contribution in [-0.2, 0) is 5.41 Å². The van der Waals surface area contributed by atoms with E-state index < -0.39 is 0 Å². The van der Waals surface area contributed by atoms with Crippen molar-refractivity contribution in [1.82, 2.24) is 4.98 Å².